The third kappa shape index (κ3) is 3.05. The summed E-state index contributed by atoms with van der Waals surface area (Å²) in [5, 5.41) is 0. The molecule has 0 amide bonds. The van der Waals surface area contributed by atoms with Gasteiger partial charge in [0.1, 0.15) is 0 Å². The molecule has 3 heteroatoms. The lowest BCUT2D eigenvalue weighted by molar-refractivity contribution is -0.0339. The largest absolute Gasteiger partial charge is 0.379 e. The highest BCUT2D eigenvalue weighted by atomic mass is 16.5. The standard InChI is InChI=1S/C14H22N2O/c1-14(2,3)11-5-6-12(15-7-11)8-16-9-13(10-16)17-4/h5-7,13H,8-10H2,1-4H3. The smallest absolute Gasteiger partial charge is 0.0825 e. The molecule has 1 aliphatic heterocycles. The molecule has 94 valence electrons. The Morgan fingerprint density at radius 1 is 1.35 bits per heavy atom. The first-order chi connectivity index (χ1) is 7.99. The molecule has 0 aromatic carbocycles. The minimum Gasteiger partial charge on any atom is -0.379 e. The lowest BCUT2D eigenvalue weighted by Crippen LogP contribution is -2.51. The molecule has 0 aliphatic carbocycles. The lowest BCUT2D eigenvalue weighted by atomic mass is 9.88. The molecule has 1 saturated heterocycles. The number of ether oxygens (including phenoxy) is 1. The summed E-state index contributed by atoms with van der Waals surface area (Å²) in [4.78, 5) is 6.89. The SMILES string of the molecule is COC1CN(Cc2ccc(C(C)(C)C)cn2)C1. The Hall–Kier alpha value is -0.930. The molecule has 0 unspecified atom stereocenters. The second-order valence-corrected chi connectivity index (χ2v) is 5.84. The summed E-state index contributed by atoms with van der Waals surface area (Å²) in [5.41, 5.74) is 2.62. The van der Waals surface area contributed by atoms with Gasteiger partial charge in [-0.25, -0.2) is 0 Å². The summed E-state index contributed by atoms with van der Waals surface area (Å²) < 4.78 is 5.26. The fourth-order valence-corrected chi connectivity index (χ4v) is 1.99. The Labute approximate surface area is 104 Å². The molecule has 0 spiro atoms. The van der Waals surface area contributed by atoms with E-state index in [1.807, 2.05) is 6.20 Å². The fourth-order valence-electron chi connectivity index (χ4n) is 1.99. The quantitative estimate of drug-likeness (QED) is 0.802. The molecule has 0 saturated carbocycles. The van der Waals surface area contributed by atoms with Crippen LogP contribution in [0.5, 0.6) is 0 Å². The zero-order valence-electron chi connectivity index (χ0n) is 11.2. The molecule has 0 atom stereocenters. The van der Waals surface area contributed by atoms with Crippen LogP contribution in [0.2, 0.25) is 0 Å². The average molecular weight is 234 g/mol. The molecule has 3 nitrogen and oxygen atoms in total. The summed E-state index contributed by atoms with van der Waals surface area (Å²) in [7, 11) is 1.78. The van der Waals surface area contributed by atoms with Crippen LogP contribution in [-0.2, 0) is 16.7 Å². The zero-order valence-corrected chi connectivity index (χ0v) is 11.2. The van der Waals surface area contributed by atoms with E-state index < -0.39 is 0 Å². The molecular formula is C14H22N2O. The molecule has 2 rings (SSSR count). The Balaban J connectivity index is 1.91. The highest BCUT2D eigenvalue weighted by Crippen LogP contribution is 2.21. The van der Waals surface area contributed by atoms with Gasteiger partial charge in [-0.3, -0.25) is 9.88 Å². The van der Waals surface area contributed by atoms with Crippen LogP contribution >= 0.6 is 0 Å². The first kappa shape index (κ1) is 12.5. The van der Waals surface area contributed by atoms with Gasteiger partial charge in [-0.1, -0.05) is 26.8 Å². The van der Waals surface area contributed by atoms with Crippen LogP contribution in [0.4, 0.5) is 0 Å². The second-order valence-electron chi connectivity index (χ2n) is 5.84. The third-order valence-corrected chi connectivity index (χ3v) is 3.33. The average Bonchev–Trinajstić information content (AvgIpc) is 2.22. The minimum atomic E-state index is 0.184. The van der Waals surface area contributed by atoms with Crippen molar-refractivity contribution in [3.05, 3.63) is 29.6 Å². The van der Waals surface area contributed by atoms with Crippen molar-refractivity contribution >= 4 is 0 Å². The molecule has 1 aliphatic rings. The number of methoxy groups -OCH3 is 1. The minimum absolute atomic E-state index is 0.184. The topological polar surface area (TPSA) is 25.4 Å². The van der Waals surface area contributed by atoms with Gasteiger partial charge >= 0.3 is 0 Å². The van der Waals surface area contributed by atoms with Gasteiger partial charge in [-0.05, 0) is 17.0 Å². The highest BCUT2D eigenvalue weighted by Gasteiger charge is 2.26. The maximum atomic E-state index is 5.26. The lowest BCUT2D eigenvalue weighted by Gasteiger charge is -2.37. The van der Waals surface area contributed by atoms with Crippen molar-refractivity contribution in [2.24, 2.45) is 0 Å². The van der Waals surface area contributed by atoms with Gasteiger partial charge in [-0.15, -0.1) is 0 Å². The summed E-state index contributed by atoms with van der Waals surface area (Å²) in [6.07, 6.45) is 2.42. The molecule has 1 aromatic rings. The van der Waals surface area contributed by atoms with E-state index in [2.05, 4.69) is 42.8 Å². The number of hydrogen-bond donors (Lipinski definition) is 0. The summed E-state index contributed by atoms with van der Waals surface area (Å²) in [6, 6.07) is 4.33. The van der Waals surface area contributed by atoms with Crippen LogP contribution in [0, 0.1) is 0 Å². The van der Waals surface area contributed by atoms with Gasteiger partial charge < -0.3 is 4.74 Å². The van der Waals surface area contributed by atoms with Crippen molar-refractivity contribution in [3.8, 4) is 0 Å². The Bertz CT molecular complexity index is 361. The Morgan fingerprint density at radius 2 is 2.06 bits per heavy atom. The van der Waals surface area contributed by atoms with Gasteiger partial charge in [-0.2, -0.15) is 0 Å². The van der Waals surface area contributed by atoms with E-state index in [4.69, 9.17) is 4.74 Å². The molecule has 1 fully saturated rings. The maximum Gasteiger partial charge on any atom is 0.0825 e. The van der Waals surface area contributed by atoms with Crippen LogP contribution in [0.15, 0.2) is 18.3 Å². The van der Waals surface area contributed by atoms with Gasteiger partial charge in [0.2, 0.25) is 0 Å². The second kappa shape index (κ2) is 4.75. The number of likely N-dealkylation sites (tertiary alicyclic amines) is 1. The van der Waals surface area contributed by atoms with E-state index in [0.717, 1.165) is 25.3 Å². The van der Waals surface area contributed by atoms with Gasteiger partial charge in [0.15, 0.2) is 0 Å². The number of hydrogen-bond acceptors (Lipinski definition) is 3. The summed E-state index contributed by atoms with van der Waals surface area (Å²) in [6.45, 7) is 9.62. The first-order valence-electron chi connectivity index (χ1n) is 6.19. The van der Waals surface area contributed by atoms with Gasteiger partial charge in [0, 0.05) is 32.9 Å². The fraction of sp³-hybridized carbons (Fsp3) is 0.643. The van der Waals surface area contributed by atoms with E-state index in [9.17, 15) is 0 Å². The molecule has 0 bridgehead atoms. The third-order valence-electron chi connectivity index (χ3n) is 3.33. The maximum absolute atomic E-state index is 5.26. The Morgan fingerprint density at radius 3 is 2.53 bits per heavy atom. The molecule has 2 heterocycles. The summed E-state index contributed by atoms with van der Waals surface area (Å²) in [5.74, 6) is 0. The number of pyridine rings is 1. The zero-order chi connectivity index (χ0) is 12.5. The van der Waals surface area contributed by atoms with Crippen molar-refractivity contribution in [2.75, 3.05) is 20.2 Å². The van der Waals surface area contributed by atoms with Gasteiger partial charge in [0.05, 0.1) is 11.8 Å². The molecule has 0 radical (unpaired) electrons. The van der Waals surface area contributed by atoms with Crippen LogP contribution in [0.25, 0.3) is 0 Å². The highest BCUT2D eigenvalue weighted by molar-refractivity contribution is 5.21. The molecule has 0 N–H and O–H groups in total. The van der Waals surface area contributed by atoms with Crippen molar-refractivity contribution in [1.82, 2.24) is 9.88 Å². The van der Waals surface area contributed by atoms with Crippen molar-refractivity contribution in [2.45, 2.75) is 38.8 Å². The summed E-state index contributed by atoms with van der Waals surface area (Å²) >= 11 is 0. The molecular weight excluding hydrogens is 212 g/mol. The van der Waals surface area contributed by atoms with Crippen molar-refractivity contribution in [3.63, 3.8) is 0 Å². The van der Waals surface area contributed by atoms with Crippen LogP contribution in [0.3, 0.4) is 0 Å². The van der Waals surface area contributed by atoms with E-state index in [1.54, 1.807) is 7.11 Å². The normalized spacial score (nSPS) is 18.1. The predicted octanol–water partition coefficient (Wildman–Crippen LogP) is 2.21. The van der Waals surface area contributed by atoms with Crippen molar-refractivity contribution in [1.29, 1.82) is 0 Å². The Kier molecular flexibility index (Phi) is 3.50. The van der Waals surface area contributed by atoms with E-state index in [0.29, 0.717) is 6.10 Å². The predicted molar refractivity (Wildman–Crippen MR) is 69.0 cm³/mol. The van der Waals surface area contributed by atoms with E-state index in [-0.39, 0.29) is 5.41 Å². The van der Waals surface area contributed by atoms with Gasteiger partial charge in [0.25, 0.3) is 0 Å². The van der Waals surface area contributed by atoms with Crippen molar-refractivity contribution < 1.29 is 4.74 Å². The number of rotatable bonds is 3. The molecule has 1 aromatic heterocycles. The van der Waals surface area contributed by atoms with Crippen LogP contribution in [-0.4, -0.2) is 36.2 Å². The first-order valence-corrected chi connectivity index (χ1v) is 6.19. The van der Waals surface area contributed by atoms with E-state index in [1.165, 1.54) is 5.56 Å². The number of aromatic nitrogens is 1. The molecule has 17 heavy (non-hydrogen) atoms. The monoisotopic (exact) mass is 234 g/mol. The van der Waals surface area contributed by atoms with E-state index >= 15 is 0 Å². The number of nitrogens with zero attached hydrogens (tertiary/aromatic N) is 2. The van der Waals surface area contributed by atoms with Crippen LogP contribution in [0.1, 0.15) is 32.0 Å². The van der Waals surface area contributed by atoms with Crippen LogP contribution < -0.4 is 0 Å².